The first kappa shape index (κ1) is 15.5. The highest BCUT2D eigenvalue weighted by molar-refractivity contribution is 9.10. The molecule has 1 aromatic carbocycles. The summed E-state index contributed by atoms with van der Waals surface area (Å²) >= 11 is 3.57. The van der Waals surface area contributed by atoms with Crippen LogP contribution in [0.4, 0.5) is 0 Å². The molecular formula is C16H22BrNO2. The lowest BCUT2D eigenvalue weighted by atomic mass is 10.1. The van der Waals surface area contributed by atoms with Gasteiger partial charge in [-0.1, -0.05) is 28.9 Å². The number of hydrogen-bond acceptors (Lipinski definition) is 3. The first-order valence-corrected chi connectivity index (χ1v) is 8.02. The van der Waals surface area contributed by atoms with Gasteiger partial charge in [0.2, 0.25) is 0 Å². The molecule has 0 saturated heterocycles. The lowest BCUT2D eigenvalue weighted by molar-refractivity contribution is 0.0600. The van der Waals surface area contributed by atoms with Crippen LogP contribution in [0, 0.1) is 5.92 Å². The summed E-state index contributed by atoms with van der Waals surface area (Å²) in [4.78, 5) is 14.0. The van der Waals surface area contributed by atoms with Gasteiger partial charge in [-0.2, -0.15) is 0 Å². The predicted octanol–water partition coefficient (Wildman–Crippen LogP) is 3.86. The molecule has 20 heavy (non-hydrogen) atoms. The Labute approximate surface area is 129 Å². The molecule has 2 rings (SSSR count). The fraction of sp³-hybridized carbons (Fsp3) is 0.562. The van der Waals surface area contributed by atoms with Crippen LogP contribution in [-0.2, 0) is 11.3 Å². The zero-order chi connectivity index (χ0) is 14.5. The van der Waals surface area contributed by atoms with Gasteiger partial charge < -0.3 is 4.74 Å². The van der Waals surface area contributed by atoms with E-state index < -0.39 is 0 Å². The minimum Gasteiger partial charge on any atom is -0.465 e. The number of esters is 1. The summed E-state index contributed by atoms with van der Waals surface area (Å²) < 4.78 is 5.73. The average molecular weight is 340 g/mol. The van der Waals surface area contributed by atoms with Crippen LogP contribution in [0.5, 0.6) is 0 Å². The second kappa shape index (κ2) is 7.23. The van der Waals surface area contributed by atoms with Crippen LogP contribution in [0.2, 0.25) is 0 Å². The summed E-state index contributed by atoms with van der Waals surface area (Å²) in [6, 6.07) is 5.71. The highest BCUT2D eigenvalue weighted by Crippen LogP contribution is 2.31. The summed E-state index contributed by atoms with van der Waals surface area (Å²) in [6.45, 7) is 5.47. The molecule has 0 bridgehead atoms. The molecule has 0 aliphatic heterocycles. The Morgan fingerprint density at radius 1 is 1.45 bits per heavy atom. The van der Waals surface area contributed by atoms with Gasteiger partial charge in [-0.25, -0.2) is 4.79 Å². The molecule has 0 unspecified atom stereocenters. The average Bonchev–Trinajstić information content (AvgIpc) is 3.24. The first-order valence-electron chi connectivity index (χ1n) is 7.23. The second-order valence-electron chi connectivity index (χ2n) is 5.48. The van der Waals surface area contributed by atoms with Gasteiger partial charge in [0.25, 0.3) is 0 Å². The molecule has 1 aromatic rings. The summed E-state index contributed by atoms with van der Waals surface area (Å²) in [5.41, 5.74) is 1.82. The standard InChI is InChI=1S/C16H22BrNO2/c1-3-8-18(10-12-4-5-12)11-14-7-6-13(9-15(14)17)16(19)20-2/h6-7,9,12H,3-5,8,10-11H2,1-2H3. The van der Waals surface area contributed by atoms with E-state index >= 15 is 0 Å². The number of rotatable bonds is 7. The smallest absolute Gasteiger partial charge is 0.337 e. The van der Waals surface area contributed by atoms with Gasteiger partial charge in [0.05, 0.1) is 12.7 Å². The van der Waals surface area contributed by atoms with Crippen molar-refractivity contribution in [3.8, 4) is 0 Å². The van der Waals surface area contributed by atoms with Crippen LogP contribution in [0.3, 0.4) is 0 Å². The number of methoxy groups -OCH3 is 1. The third-order valence-corrected chi connectivity index (χ3v) is 4.36. The number of carbonyl (C=O) groups is 1. The van der Waals surface area contributed by atoms with Crippen LogP contribution in [-0.4, -0.2) is 31.1 Å². The molecule has 110 valence electrons. The second-order valence-corrected chi connectivity index (χ2v) is 6.33. The Balaban J connectivity index is 2.04. The van der Waals surface area contributed by atoms with E-state index in [0.717, 1.165) is 23.5 Å². The molecule has 1 saturated carbocycles. The molecule has 1 aliphatic carbocycles. The van der Waals surface area contributed by atoms with E-state index in [0.29, 0.717) is 5.56 Å². The molecule has 1 aliphatic rings. The van der Waals surface area contributed by atoms with Crippen LogP contribution in [0.25, 0.3) is 0 Å². The maximum atomic E-state index is 11.5. The SMILES string of the molecule is CCCN(Cc1ccc(C(=O)OC)cc1Br)CC1CC1. The Bertz CT molecular complexity index is 472. The Hall–Kier alpha value is -0.870. The summed E-state index contributed by atoms with van der Waals surface area (Å²) in [7, 11) is 1.41. The molecule has 0 aromatic heterocycles. The number of hydrogen-bond donors (Lipinski definition) is 0. The molecule has 0 heterocycles. The Kier molecular flexibility index (Phi) is 5.61. The lowest BCUT2D eigenvalue weighted by Crippen LogP contribution is -2.26. The van der Waals surface area contributed by atoms with Crippen molar-refractivity contribution in [3.63, 3.8) is 0 Å². The quantitative estimate of drug-likeness (QED) is 0.706. The minimum atomic E-state index is -0.291. The summed E-state index contributed by atoms with van der Waals surface area (Å²) in [5, 5.41) is 0. The van der Waals surface area contributed by atoms with Crippen molar-refractivity contribution in [2.45, 2.75) is 32.7 Å². The normalized spacial score (nSPS) is 14.6. The highest BCUT2D eigenvalue weighted by Gasteiger charge is 2.24. The molecule has 0 spiro atoms. The van der Waals surface area contributed by atoms with Crippen LogP contribution < -0.4 is 0 Å². The van der Waals surface area contributed by atoms with E-state index in [-0.39, 0.29) is 5.97 Å². The van der Waals surface area contributed by atoms with Gasteiger partial charge >= 0.3 is 5.97 Å². The van der Waals surface area contributed by atoms with Crippen LogP contribution in [0.15, 0.2) is 22.7 Å². The van der Waals surface area contributed by atoms with Crippen molar-refractivity contribution in [3.05, 3.63) is 33.8 Å². The van der Waals surface area contributed by atoms with E-state index in [1.54, 1.807) is 0 Å². The van der Waals surface area contributed by atoms with Crippen molar-refractivity contribution in [1.82, 2.24) is 4.90 Å². The Morgan fingerprint density at radius 2 is 2.20 bits per heavy atom. The van der Waals surface area contributed by atoms with Gasteiger partial charge in [0.1, 0.15) is 0 Å². The molecule has 0 radical (unpaired) electrons. The van der Waals surface area contributed by atoms with Gasteiger partial charge in [-0.3, -0.25) is 4.90 Å². The molecule has 0 atom stereocenters. The molecule has 1 fully saturated rings. The monoisotopic (exact) mass is 339 g/mol. The summed E-state index contributed by atoms with van der Waals surface area (Å²) in [6.07, 6.45) is 3.93. The van der Waals surface area contributed by atoms with Crippen molar-refractivity contribution >= 4 is 21.9 Å². The molecular weight excluding hydrogens is 318 g/mol. The van der Waals surface area contributed by atoms with Crippen molar-refractivity contribution in [2.24, 2.45) is 5.92 Å². The molecule has 0 N–H and O–H groups in total. The van der Waals surface area contributed by atoms with E-state index in [2.05, 4.69) is 27.8 Å². The van der Waals surface area contributed by atoms with Crippen LogP contribution >= 0.6 is 15.9 Å². The van der Waals surface area contributed by atoms with Crippen molar-refractivity contribution < 1.29 is 9.53 Å². The number of carbonyl (C=O) groups excluding carboxylic acids is 1. The fourth-order valence-electron chi connectivity index (χ4n) is 2.38. The third-order valence-electron chi connectivity index (χ3n) is 3.62. The zero-order valence-corrected chi connectivity index (χ0v) is 13.8. The third kappa shape index (κ3) is 4.32. The summed E-state index contributed by atoms with van der Waals surface area (Å²) in [5.74, 6) is 0.607. The minimum absolute atomic E-state index is 0.291. The number of halogens is 1. The lowest BCUT2D eigenvalue weighted by Gasteiger charge is -2.22. The van der Waals surface area contributed by atoms with Crippen molar-refractivity contribution in [2.75, 3.05) is 20.2 Å². The zero-order valence-electron chi connectivity index (χ0n) is 12.2. The van der Waals surface area contributed by atoms with Gasteiger partial charge in [-0.05, 0) is 49.4 Å². The Morgan fingerprint density at radius 3 is 2.75 bits per heavy atom. The molecule has 4 heteroatoms. The first-order chi connectivity index (χ1) is 9.63. The maximum Gasteiger partial charge on any atom is 0.337 e. The van der Waals surface area contributed by atoms with Gasteiger partial charge in [-0.15, -0.1) is 0 Å². The van der Waals surface area contributed by atoms with E-state index in [4.69, 9.17) is 4.74 Å². The number of benzene rings is 1. The van der Waals surface area contributed by atoms with Gasteiger partial charge in [0, 0.05) is 17.6 Å². The highest BCUT2D eigenvalue weighted by atomic mass is 79.9. The topological polar surface area (TPSA) is 29.5 Å². The van der Waals surface area contributed by atoms with Crippen LogP contribution in [0.1, 0.15) is 42.1 Å². The molecule has 0 amide bonds. The maximum absolute atomic E-state index is 11.5. The van der Waals surface area contributed by atoms with E-state index in [9.17, 15) is 4.79 Å². The number of ether oxygens (including phenoxy) is 1. The fourth-order valence-corrected chi connectivity index (χ4v) is 2.88. The predicted molar refractivity (Wildman–Crippen MR) is 83.8 cm³/mol. The van der Waals surface area contributed by atoms with Crippen molar-refractivity contribution in [1.29, 1.82) is 0 Å². The largest absolute Gasteiger partial charge is 0.465 e. The number of nitrogens with zero attached hydrogens (tertiary/aromatic N) is 1. The van der Waals surface area contributed by atoms with Gasteiger partial charge in [0.15, 0.2) is 0 Å². The van der Waals surface area contributed by atoms with E-state index in [1.165, 1.54) is 38.5 Å². The molecule has 3 nitrogen and oxygen atoms in total. The van der Waals surface area contributed by atoms with E-state index in [1.807, 2.05) is 18.2 Å².